The van der Waals surface area contributed by atoms with Crippen molar-refractivity contribution in [2.24, 2.45) is 11.7 Å². The van der Waals surface area contributed by atoms with Crippen LogP contribution in [0.25, 0.3) is 0 Å². The van der Waals surface area contributed by atoms with Crippen molar-refractivity contribution in [3.8, 4) is 0 Å². The van der Waals surface area contributed by atoms with Crippen molar-refractivity contribution in [2.45, 2.75) is 12.6 Å². The van der Waals surface area contributed by atoms with Crippen LogP contribution in [0.15, 0.2) is 0 Å². The van der Waals surface area contributed by atoms with E-state index in [9.17, 15) is 18.0 Å². The van der Waals surface area contributed by atoms with Crippen LogP contribution in [0.4, 0.5) is 13.2 Å². The van der Waals surface area contributed by atoms with Gasteiger partial charge in [-0.2, -0.15) is 13.2 Å². The van der Waals surface area contributed by atoms with Gasteiger partial charge in [0.15, 0.2) is 5.92 Å². The fraction of sp³-hybridized carbons (Fsp3) is 0.800. The van der Waals surface area contributed by atoms with Crippen LogP contribution in [-0.4, -0.2) is 23.8 Å². The summed E-state index contributed by atoms with van der Waals surface area (Å²) < 4.78 is 35.2. The van der Waals surface area contributed by atoms with E-state index < -0.39 is 24.5 Å². The van der Waals surface area contributed by atoms with Gasteiger partial charge in [-0.15, -0.1) is 12.4 Å². The maximum Gasteiger partial charge on any atom is 0.402 e. The molecule has 0 aromatic rings. The molecule has 0 aliphatic rings. The Bertz CT molecular complexity index is 150. The number of rotatable bonds is 3. The fourth-order valence-corrected chi connectivity index (χ4v) is 0.594. The third-order valence-electron chi connectivity index (χ3n) is 1.15. The molecule has 0 fully saturated rings. The summed E-state index contributed by atoms with van der Waals surface area (Å²) in [7, 11) is 0. The van der Waals surface area contributed by atoms with E-state index in [1.165, 1.54) is 0 Å². The monoisotopic (exact) mass is 207 g/mol. The van der Waals surface area contributed by atoms with Crippen molar-refractivity contribution >= 4 is 18.4 Å². The van der Waals surface area contributed by atoms with E-state index in [1.54, 1.807) is 0 Å². The van der Waals surface area contributed by atoms with Gasteiger partial charge in [-0.05, 0) is 13.0 Å². The molecule has 0 aliphatic heterocycles. The second-order valence-corrected chi connectivity index (χ2v) is 2.01. The molecule has 1 atom stereocenters. The lowest BCUT2D eigenvalue weighted by Gasteiger charge is -2.14. The van der Waals surface area contributed by atoms with E-state index in [4.69, 9.17) is 10.8 Å². The minimum Gasteiger partial charge on any atom is -0.481 e. The highest BCUT2D eigenvalue weighted by Crippen LogP contribution is 2.28. The molecular formula is C5H9ClF3NO2. The summed E-state index contributed by atoms with van der Waals surface area (Å²) >= 11 is 0. The molecule has 0 saturated carbocycles. The number of nitrogens with two attached hydrogens (primary N) is 1. The Kier molecular flexibility index (Phi) is 6.10. The van der Waals surface area contributed by atoms with Gasteiger partial charge in [0.25, 0.3) is 0 Å². The van der Waals surface area contributed by atoms with Gasteiger partial charge in [-0.25, -0.2) is 0 Å². The Hall–Kier alpha value is -0.490. The van der Waals surface area contributed by atoms with Crippen LogP contribution >= 0.6 is 12.4 Å². The molecule has 0 aliphatic carbocycles. The normalized spacial score (nSPS) is 13.3. The smallest absolute Gasteiger partial charge is 0.402 e. The maximum absolute atomic E-state index is 11.7. The van der Waals surface area contributed by atoms with Gasteiger partial charge in [0.2, 0.25) is 0 Å². The number of halogens is 4. The lowest BCUT2D eigenvalue weighted by molar-refractivity contribution is -0.194. The number of carboxylic acid groups (broad SMARTS) is 1. The molecular weight excluding hydrogens is 199 g/mol. The summed E-state index contributed by atoms with van der Waals surface area (Å²) in [5.74, 6) is -4.20. The quantitative estimate of drug-likeness (QED) is 0.726. The molecule has 0 unspecified atom stereocenters. The van der Waals surface area contributed by atoms with Crippen molar-refractivity contribution in [1.29, 1.82) is 0 Å². The molecule has 74 valence electrons. The van der Waals surface area contributed by atoms with Gasteiger partial charge in [-0.1, -0.05) is 0 Å². The van der Waals surface area contributed by atoms with E-state index in [2.05, 4.69) is 0 Å². The molecule has 0 rings (SSSR count). The van der Waals surface area contributed by atoms with Crippen LogP contribution in [-0.2, 0) is 4.79 Å². The number of alkyl halides is 3. The average molecular weight is 208 g/mol. The minimum atomic E-state index is -4.69. The van der Waals surface area contributed by atoms with E-state index in [0.29, 0.717) is 0 Å². The molecule has 0 aromatic carbocycles. The highest BCUT2D eigenvalue weighted by Gasteiger charge is 2.44. The summed E-state index contributed by atoms with van der Waals surface area (Å²) in [6, 6.07) is 0. The van der Waals surface area contributed by atoms with Crippen molar-refractivity contribution in [3.63, 3.8) is 0 Å². The van der Waals surface area contributed by atoms with Crippen LogP contribution in [0.5, 0.6) is 0 Å². The van der Waals surface area contributed by atoms with Crippen molar-refractivity contribution in [1.82, 2.24) is 0 Å². The van der Waals surface area contributed by atoms with Crippen LogP contribution in [0.3, 0.4) is 0 Å². The van der Waals surface area contributed by atoms with Crippen LogP contribution in [0.2, 0.25) is 0 Å². The Labute approximate surface area is 73.1 Å². The topological polar surface area (TPSA) is 63.3 Å². The van der Waals surface area contributed by atoms with Crippen LogP contribution < -0.4 is 5.73 Å². The Morgan fingerprint density at radius 2 is 1.92 bits per heavy atom. The van der Waals surface area contributed by atoms with E-state index >= 15 is 0 Å². The molecule has 0 spiro atoms. The second kappa shape index (κ2) is 5.21. The van der Waals surface area contributed by atoms with Crippen LogP contribution in [0.1, 0.15) is 6.42 Å². The lowest BCUT2D eigenvalue weighted by atomic mass is 10.1. The molecule has 3 nitrogen and oxygen atoms in total. The standard InChI is InChI=1S/C5H8F3NO2.ClH/c6-5(7,8)3(1-2-9)4(10)11;/h3H,1-2,9H2,(H,10,11);1H/t3-;/m1./s1. The SMILES string of the molecule is Cl.NCC[C@H](C(=O)O)C(F)(F)F. The van der Waals surface area contributed by atoms with Crippen molar-refractivity contribution in [3.05, 3.63) is 0 Å². The first kappa shape index (κ1) is 14.1. The van der Waals surface area contributed by atoms with Gasteiger partial charge in [0, 0.05) is 0 Å². The molecule has 0 aromatic heterocycles. The molecule has 0 bridgehead atoms. The highest BCUT2D eigenvalue weighted by atomic mass is 35.5. The van der Waals surface area contributed by atoms with Gasteiger partial charge in [0.05, 0.1) is 0 Å². The molecule has 0 amide bonds. The Balaban J connectivity index is 0. The number of carboxylic acids is 1. The zero-order valence-corrected chi connectivity index (χ0v) is 6.78. The second-order valence-electron chi connectivity index (χ2n) is 2.01. The van der Waals surface area contributed by atoms with Gasteiger partial charge < -0.3 is 10.8 Å². The summed E-state index contributed by atoms with van der Waals surface area (Å²) in [6.07, 6.45) is -5.26. The third kappa shape index (κ3) is 4.40. The van der Waals surface area contributed by atoms with Crippen molar-refractivity contribution in [2.75, 3.05) is 6.54 Å². The maximum atomic E-state index is 11.7. The van der Waals surface area contributed by atoms with Crippen molar-refractivity contribution < 1.29 is 23.1 Å². The average Bonchev–Trinajstić information content (AvgIpc) is 1.79. The Morgan fingerprint density at radius 1 is 1.50 bits per heavy atom. The van der Waals surface area contributed by atoms with Gasteiger partial charge in [0.1, 0.15) is 0 Å². The zero-order chi connectivity index (χ0) is 9.07. The predicted octanol–water partition coefficient (Wildman–Crippen LogP) is 1.02. The predicted molar refractivity (Wildman–Crippen MR) is 38.1 cm³/mol. The Morgan fingerprint density at radius 3 is 2.00 bits per heavy atom. The van der Waals surface area contributed by atoms with Crippen LogP contribution in [0, 0.1) is 5.92 Å². The first-order chi connectivity index (χ1) is 4.89. The molecule has 0 heterocycles. The van der Waals surface area contributed by atoms with E-state index in [0.717, 1.165) is 0 Å². The number of aliphatic carboxylic acids is 1. The summed E-state index contributed by atoms with van der Waals surface area (Å²) in [5.41, 5.74) is 4.80. The third-order valence-corrected chi connectivity index (χ3v) is 1.15. The first-order valence-corrected chi connectivity index (χ1v) is 2.89. The summed E-state index contributed by atoms with van der Waals surface area (Å²) in [4.78, 5) is 9.96. The number of carbonyl (C=O) groups is 1. The first-order valence-electron chi connectivity index (χ1n) is 2.89. The lowest BCUT2D eigenvalue weighted by Crippen LogP contribution is -2.32. The molecule has 3 N–H and O–H groups in total. The fourth-order valence-electron chi connectivity index (χ4n) is 0.594. The largest absolute Gasteiger partial charge is 0.481 e. The molecule has 0 radical (unpaired) electrons. The zero-order valence-electron chi connectivity index (χ0n) is 5.97. The molecule has 0 saturated heterocycles. The van der Waals surface area contributed by atoms with E-state index in [-0.39, 0.29) is 19.0 Å². The highest BCUT2D eigenvalue weighted by molar-refractivity contribution is 5.85. The van der Waals surface area contributed by atoms with Gasteiger partial charge in [-0.3, -0.25) is 4.79 Å². The summed E-state index contributed by atoms with van der Waals surface area (Å²) in [6.45, 7) is -0.281. The summed E-state index contributed by atoms with van der Waals surface area (Å²) in [5, 5.41) is 8.06. The van der Waals surface area contributed by atoms with Gasteiger partial charge >= 0.3 is 12.1 Å². The number of hydrogen-bond donors (Lipinski definition) is 2. The molecule has 7 heteroatoms. The molecule has 12 heavy (non-hydrogen) atoms. The number of hydrogen-bond acceptors (Lipinski definition) is 2. The van der Waals surface area contributed by atoms with E-state index in [1.807, 2.05) is 0 Å². The minimum absolute atomic E-state index is 0.